The Balaban J connectivity index is 3.14. The average molecular weight is 341 g/mol. The fraction of sp³-hybridized carbons (Fsp3) is 0.529. The van der Waals surface area contributed by atoms with Crippen molar-refractivity contribution in [2.45, 2.75) is 51.7 Å². The summed E-state index contributed by atoms with van der Waals surface area (Å²) in [5.74, 6) is -1.79. The first-order valence-electron chi connectivity index (χ1n) is 7.44. The van der Waals surface area contributed by atoms with Gasteiger partial charge in [0.2, 0.25) is 0 Å². The molecule has 7 heteroatoms. The van der Waals surface area contributed by atoms with Crippen molar-refractivity contribution in [3.05, 3.63) is 29.6 Å². The van der Waals surface area contributed by atoms with Crippen LogP contribution in [0.25, 0.3) is 0 Å². The maximum atomic E-state index is 14.2. The van der Waals surface area contributed by atoms with Gasteiger partial charge in [0.05, 0.1) is 0 Å². The van der Waals surface area contributed by atoms with Gasteiger partial charge in [-0.2, -0.15) is 0 Å². The number of aliphatic carboxylic acids is 1. The normalized spacial score (nSPS) is 13.3. The van der Waals surface area contributed by atoms with Gasteiger partial charge in [0.1, 0.15) is 11.4 Å². The number of amides is 1. The molecular weight excluding hydrogens is 317 g/mol. The maximum absolute atomic E-state index is 14.2. The number of carbonyl (C=O) groups excluding carboxylic acids is 1. The van der Waals surface area contributed by atoms with Crippen LogP contribution >= 0.6 is 0 Å². The third-order valence-electron chi connectivity index (χ3n) is 3.42. The fourth-order valence-corrected chi connectivity index (χ4v) is 2.36. The first-order chi connectivity index (χ1) is 10.9. The van der Waals surface area contributed by atoms with E-state index in [9.17, 15) is 19.1 Å². The molecule has 0 heterocycles. The Labute approximate surface area is 141 Å². The minimum Gasteiger partial charge on any atom is -0.479 e. The smallest absolute Gasteiger partial charge is 0.412 e. The SMILES string of the molecule is COC(C(=O)O)C(C)(C)c1cc(NC(=O)OC(C)(C)C)ccc1F. The monoisotopic (exact) mass is 341 g/mol. The molecule has 134 valence electrons. The molecule has 0 aromatic heterocycles. The van der Waals surface area contributed by atoms with Crippen LogP contribution in [0.5, 0.6) is 0 Å². The number of halogens is 1. The predicted octanol–water partition coefficient (Wildman–Crippen LogP) is 3.55. The molecule has 0 aliphatic carbocycles. The van der Waals surface area contributed by atoms with Crippen LogP contribution in [0.2, 0.25) is 0 Å². The summed E-state index contributed by atoms with van der Waals surface area (Å²) in [5, 5.41) is 11.8. The molecule has 0 radical (unpaired) electrons. The highest BCUT2D eigenvalue weighted by Crippen LogP contribution is 2.33. The third-order valence-corrected chi connectivity index (χ3v) is 3.42. The highest BCUT2D eigenvalue weighted by atomic mass is 19.1. The standard InChI is InChI=1S/C17H24FNO5/c1-16(2,3)24-15(22)19-10-7-8-12(18)11(9-10)17(4,5)13(23-6)14(20)21/h7-9,13H,1-6H3,(H,19,22)(H,20,21). The summed E-state index contributed by atoms with van der Waals surface area (Å²) in [5.41, 5.74) is -1.41. The number of carboxylic acids is 1. The van der Waals surface area contributed by atoms with E-state index in [4.69, 9.17) is 9.47 Å². The summed E-state index contributed by atoms with van der Waals surface area (Å²) in [6, 6.07) is 3.92. The number of rotatable bonds is 5. The van der Waals surface area contributed by atoms with Crippen LogP contribution in [0.3, 0.4) is 0 Å². The van der Waals surface area contributed by atoms with Crippen molar-refractivity contribution in [1.29, 1.82) is 0 Å². The Kier molecular flexibility index (Phi) is 5.94. The zero-order valence-corrected chi connectivity index (χ0v) is 14.8. The van der Waals surface area contributed by atoms with E-state index in [0.29, 0.717) is 5.69 Å². The molecule has 0 bridgehead atoms. The maximum Gasteiger partial charge on any atom is 0.412 e. The van der Waals surface area contributed by atoms with Crippen LogP contribution in [0, 0.1) is 5.82 Å². The van der Waals surface area contributed by atoms with Gasteiger partial charge in [-0.3, -0.25) is 5.32 Å². The highest BCUT2D eigenvalue weighted by Gasteiger charge is 2.39. The number of methoxy groups -OCH3 is 1. The number of hydrogen-bond acceptors (Lipinski definition) is 4. The van der Waals surface area contributed by atoms with Crippen molar-refractivity contribution >= 4 is 17.7 Å². The molecule has 0 fully saturated rings. The Morgan fingerprint density at radius 1 is 1.21 bits per heavy atom. The molecule has 1 aromatic rings. The number of ether oxygens (including phenoxy) is 2. The molecular formula is C17H24FNO5. The zero-order chi connectivity index (χ0) is 18.7. The summed E-state index contributed by atoms with van der Waals surface area (Å²) in [7, 11) is 1.25. The van der Waals surface area contributed by atoms with E-state index in [0.717, 1.165) is 0 Å². The molecule has 1 atom stereocenters. The van der Waals surface area contributed by atoms with Gasteiger partial charge in [-0.1, -0.05) is 13.8 Å². The molecule has 6 nitrogen and oxygen atoms in total. The van der Waals surface area contributed by atoms with Gasteiger partial charge in [-0.15, -0.1) is 0 Å². The molecule has 1 aromatic carbocycles. The minimum atomic E-state index is -1.25. The number of anilines is 1. The van der Waals surface area contributed by atoms with Gasteiger partial charge in [-0.05, 0) is 44.5 Å². The lowest BCUT2D eigenvalue weighted by molar-refractivity contribution is -0.152. The molecule has 0 saturated heterocycles. The van der Waals surface area contributed by atoms with Crippen molar-refractivity contribution in [3.63, 3.8) is 0 Å². The number of carboxylic acid groups (broad SMARTS) is 1. The van der Waals surface area contributed by atoms with E-state index in [2.05, 4.69) is 5.32 Å². The molecule has 1 amide bonds. The fourth-order valence-electron chi connectivity index (χ4n) is 2.36. The lowest BCUT2D eigenvalue weighted by Gasteiger charge is -2.31. The van der Waals surface area contributed by atoms with E-state index >= 15 is 0 Å². The quantitative estimate of drug-likeness (QED) is 0.855. The Bertz CT molecular complexity index is 622. The first kappa shape index (κ1) is 19.9. The Morgan fingerprint density at radius 3 is 2.25 bits per heavy atom. The van der Waals surface area contributed by atoms with Crippen LogP contribution < -0.4 is 5.32 Å². The van der Waals surface area contributed by atoms with Gasteiger partial charge in [0, 0.05) is 18.2 Å². The molecule has 24 heavy (non-hydrogen) atoms. The van der Waals surface area contributed by atoms with Crippen molar-refractivity contribution in [1.82, 2.24) is 0 Å². The molecule has 1 unspecified atom stereocenters. The third kappa shape index (κ3) is 4.92. The second-order valence-electron chi connectivity index (χ2n) is 7.00. The predicted molar refractivity (Wildman–Crippen MR) is 87.7 cm³/mol. The van der Waals surface area contributed by atoms with E-state index in [1.807, 2.05) is 0 Å². The molecule has 2 N–H and O–H groups in total. The Morgan fingerprint density at radius 2 is 1.79 bits per heavy atom. The van der Waals surface area contributed by atoms with Crippen molar-refractivity contribution in [2.75, 3.05) is 12.4 Å². The van der Waals surface area contributed by atoms with Gasteiger partial charge in [0.25, 0.3) is 0 Å². The largest absolute Gasteiger partial charge is 0.479 e. The van der Waals surface area contributed by atoms with Gasteiger partial charge < -0.3 is 14.6 Å². The van der Waals surface area contributed by atoms with Gasteiger partial charge >= 0.3 is 12.1 Å². The van der Waals surface area contributed by atoms with Crippen LogP contribution in [0.1, 0.15) is 40.2 Å². The summed E-state index contributed by atoms with van der Waals surface area (Å²) in [6.07, 6.45) is -1.93. The summed E-state index contributed by atoms with van der Waals surface area (Å²) >= 11 is 0. The second kappa shape index (κ2) is 7.17. The average Bonchev–Trinajstić information content (AvgIpc) is 2.38. The number of nitrogens with one attached hydrogen (secondary N) is 1. The molecule has 0 spiro atoms. The second-order valence-corrected chi connectivity index (χ2v) is 7.00. The summed E-state index contributed by atoms with van der Waals surface area (Å²) in [6.45, 7) is 8.29. The van der Waals surface area contributed by atoms with Crippen molar-refractivity contribution in [3.8, 4) is 0 Å². The zero-order valence-electron chi connectivity index (χ0n) is 14.8. The van der Waals surface area contributed by atoms with E-state index < -0.39 is 35.0 Å². The number of hydrogen-bond donors (Lipinski definition) is 2. The van der Waals surface area contributed by atoms with Crippen molar-refractivity contribution < 1.29 is 28.6 Å². The molecule has 0 saturated carbocycles. The summed E-state index contributed by atoms with van der Waals surface area (Å²) in [4.78, 5) is 23.2. The van der Waals surface area contributed by atoms with Gasteiger partial charge in [-0.25, -0.2) is 14.0 Å². The van der Waals surface area contributed by atoms with E-state index in [-0.39, 0.29) is 5.56 Å². The number of benzene rings is 1. The van der Waals surface area contributed by atoms with Gasteiger partial charge in [0.15, 0.2) is 6.10 Å². The summed E-state index contributed by atoms with van der Waals surface area (Å²) < 4.78 is 24.4. The highest BCUT2D eigenvalue weighted by molar-refractivity contribution is 5.85. The molecule has 0 aliphatic heterocycles. The van der Waals surface area contributed by atoms with E-state index in [1.165, 1.54) is 25.3 Å². The lowest BCUT2D eigenvalue weighted by Crippen LogP contribution is -2.42. The van der Waals surface area contributed by atoms with E-state index in [1.54, 1.807) is 34.6 Å². The number of carbonyl (C=O) groups is 2. The van der Waals surface area contributed by atoms with Crippen LogP contribution in [-0.2, 0) is 19.7 Å². The Hall–Kier alpha value is -2.15. The van der Waals surface area contributed by atoms with Crippen LogP contribution in [0.15, 0.2) is 18.2 Å². The minimum absolute atomic E-state index is 0.116. The lowest BCUT2D eigenvalue weighted by atomic mass is 9.78. The molecule has 0 aliphatic rings. The molecule has 1 rings (SSSR count). The van der Waals surface area contributed by atoms with Crippen LogP contribution in [0.4, 0.5) is 14.9 Å². The van der Waals surface area contributed by atoms with Crippen molar-refractivity contribution in [2.24, 2.45) is 0 Å². The first-order valence-corrected chi connectivity index (χ1v) is 7.44. The van der Waals surface area contributed by atoms with Crippen LogP contribution in [-0.4, -0.2) is 36.0 Å². The topological polar surface area (TPSA) is 84.9 Å².